The minimum atomic E-state index is -4.62. The fourth-order valence-electron chi connectivity index (χ4n) is 1.51. The van der Waals surface area contributed by atoms with Gasteiger partial charge in [0.15, 0.2) is 0 Å². The van der Waals surface area contributed by atoms with Crippen LogP contribution in [0.5, 0.6) is 0 Å². The number of benzene rings is 2. The fraction of sp³-hybridized carbons (Fsp3) is 0. The monoisotopic (exact) mass is 494 g/mol. The Morgan fingerprint density at radius 2 is 1.05 bits per heavy atom. The fourth-order valence-corrected chi connectivity index (χ4v) is 2.53. The Kier molecular flexibility index (Phi) is 4.72. The molecule has 0 aliphatic heterocycles. The van der Waals surface area contributed by atoms with E-state index in [9.17, 15) is 25.9 Å². The summed E-state index contributed by atoms with van der Waals surface area (Å²) in [5.74, 6) is 0. The van der Waals surface area contributed by atoms with Gasteiger partial charge in [-0.1, -0.05) is 12.1 Å². The van der Waals surface area contributed by atoms with Gasteiger partial charge in [-0.2, -0.15) is 0 Å². The van der Waals surface area contributed by atoms with E-state index in [2.05, 4.69) is 0 Å². The first-order valence-corrected chi connectivity index (χ1v) is 7.45. The summed E-state index contributed by atoms with van der Waals surface area (Å²) >= 11 is 0. The van der Waals surface area contributed by atoms with E-state index >= 15 is 0 Å². The van der Waals surface area contributed by atoms with Crippen LogP contribution in [0, 0.1) is 0 Å². The molecule has 19 heavy (non-hydrogen) atoms. The number of hydrogen-bond acceptors (Lipinski definition) is 6. The average Bonchev–Trinajstić information content (AvgIpc) is 2.25. The van der Waals surface area contributed by atoms with Crippen molar-refractivity contribution in [3.05, 3.63) is 36.4 Å². The molecule has 0 unspecified atom stereocenters. The van der Waals surface area contributed by atoms with Crippen molar-refractivity contribution in [3.63, 3.8) is 0 Å². The van der Waals surface area contributed by atoms with Gasteiger partial charge in [0.25, 0.3) is 0 Å². The van der Waals surface area contributed by atoms with Crippen molar-refractivity contribution in [2.24, 2.45) is 0 Å². The maximum atomic E-state index is 10.8. The zero-order chi connectivity index (χ0) is 13.6. The van der Waals surface area contributed by atoms with E-state index in [1.807, 2.05) is 0 Å². The molecule has 0 N–H and O–H groups in total. The molecule has 2 aromatic rings. The van der Waals surface area contributed by atoms with Gasteiger partial charge in [-0.25, -0.2) is 16.8 Å². The third-order valence-electron chi connectivity index (χ3n) is 2.36. The van der Waals surface area contributed by atoms with Gasteiger partial charge in [0.05, 0.1) is 9.79 Å². The number of hydrogen-bond donors (Lipinski definition) is 0. The minimum Gasteiger partial charge on any atom is -0.744 e. The maximum Gasteiger partial charge on any atom is 2.00 e. The second-order valence-corrected chi connectivity index (χ2v) is 6.34. The molecule has 0 aliphatic rings. The Labute approximate surface area is 130 Å². The van der Waals surface area contributed by atoms with Crippen molar-refractivity contribution in [1.82, 2.24) is 0 Å². The molecule has 98 valence electrons. The van der Waals surface area contributed by atoms with E-state index < -0.39 is 30.0 Å². The Balaban J connectivity index is 0.00000180. The molecule has 2 rings (SSSR count). The van der Waals surface area contributed by atoms with Crippen LogP contribution in [0.15, 0.2) is 46.2 Å². The van der Waals surface area contributed by atoms with Crippen LogP contribution in [0.3, 0.4) is 0 Å². The quantitative estimate of drug-likeness (QED) is 0.438. The molecule has 2 radical (unpaired) electrons. The summed E-state index contributed by atoms with van der Waals surface area (Å²) in [6.45, 7) is 0. The van der Waals surface area contributed by atoms with Gasteiger partial charge in [0.2, 0.25) is 0 Å². The molecule has 9 heteroatoms. The number of fused-ring (bicyclic) bond motifs is 1. The molecule has 6 nitrogen and oxygen atoms in total. The normalized spacial score (nSPS) is 12.1. The van der Waals surface area contributed by atoms with Gasteiger partial charge in [0, 0.05) is 0 Å². The van der Waals surface area contributed by atoms with E-state index in [-0.39, 0.29) is 32.7 Å². The van der Waals surface area contributed by atoms with Gasteiger partial charge in [-0.15, -0.1) is 0 Å². The van der Waals surface area contributed by atoms with E-state index in [0.717, 1.165) is 24.3 Å². The molecular weight excluding hydrogens is 487 g/mol. The van der Waals surface area contributed by atoms with Crippen molar-refractivity contribution in [3.8, 4) is 0 Å². The molecule has 0 aliphatic carbocycles. The molecule has 0 spiro atoms. The molecular formula is C10H6O6PbS2. The minimum absolute atomic E-state index is 0. The topological polar surface area (TPSA) is 114 Å². The van der Waals surface area contributed by atoms with Gasteiger partial charge >= 0.3 is 27.3 Å². The summed E-state index contributed by atoms with van der Waals surface area (Å²) in [5, 5.41) is 0.721. The van der Waals surface area contributed by atoms with E-state index in [1.54, 1.807) is 0 Å². The molecule has 2 aromatic carbocycles. The maximum absolute atomic E-state index is 10.8. The van der Waals surface area contributed by atoms with Gasteiger partial charge in [0.1, 0.15) is 20.2 Å². The molecule has 0 atom stereocenters. The Bertz CT molecular complexity index is 759. The van der Waals surface area contributed by atoms with Crippen LogP contribution in [0.2, 0.25) is 0 Å². The smallest absolute Gasteiger partial charge is 0.744 e. The van der Waals surface area contributed by atoms with Crippen LogP contribution in [0.25, 0.3) is 10.8 Å². The second-order valence-electron chi connectivity index (χ2n) is 3.58. The van der Waals surface area contributed by atoms with Crippen molar-refractivity contribution in [1.29, 1.82) is 0 Å². The predicted octanol–water partition coefficient (Wildman–Crippen LogP) is 0.267. The Morgan fingerprint density at radius 3 is 1.37 bits per heavy atom. The molecule has 0 aromatic heterocycles. The summed E-state index contributed by atoms with van der Waals surface area (Å²) in [5.41, 5.74) is 0. The molecule has 0 heterocycles. The van der Waals surface area contributed by atoms with Crippen molar-refractivity contribution in [2.45, 2.75) is 9.79 Å². The summed E-state index contributed by atoms with van der Waals surface area (Å²) in [6.07, 6.45) is 0. The second kappa shape index (κ2) is 5.44. The first-order valence-electron chi connectivity index (χ1n) is 4.63. The largest absolute Gasteiger partial charge is 2.00 e. The molecule has 0 fully saturated rings. The zero-order valence-electron chi connectivity index (χ0n) is 9.23. The van der Waals surface area contributed by atoms with Gasteiger partial charge in [-0.05, 0) is 35.0 Å². The van der Waals surface area contributed by atoms with Crippen LogP contribution in [-0.2, 0) is 20.2 Å². The van der Waals surface area contributed by atoms with Crippen molar-refractivity contribution < 1.29 is 25.9 Å². The van der Waals surface area contributed by atoms with Gasteiger partial charge < -0.3 is 9.11 Å². The third kappa shape index (κ3) is 3.72. The SMILES string of the molecule is O=S(=O)([O-])c1ccc2ccc(S(=O)(=O)[O-])cc2c1.[Pb+2]. The van der Waals surface area contributed by atoms with Crippen molar-refractivity contribution in [2.75, 3.05) is 0 Å². The first kappa shape index (κ1) is 16.5. The predicted molar refractivity (Wildman–Crippen MR) is 65.6 cm³/mol. The Hall–Kier alpha value is -0.558. The zero-order valence-corrected chi connectivity index (χ0v) is 14.8. The van der Waals surface area contributed by atoms with Crippen molar-refractivity contribution >= 4 is 58.3 Å². The van der Waals surface area contributed by atoms with Crippen LogP contribution in [0.4, 0.5) is 0 Å². The Morgan fingerprint density at radius 1 is 0.684 bits per heavy atom. The van der Waals surface area contributed by atoms with Gasteiger partial charge in [-0.3, -0.25) is 0 Å². The number of rotatable bonds is 2. The van der Waals surface area contributed by atoms with E-state index in [0.29, 0.717) is 5.39 Å². The first-order chi connectivity index (χ1) is 8.18. The van der Waals surface area contributed by atoms with Crippen LogP contribution in [0.1, 0.15) is 0 Å². The van der Waals surface area contributed by atoms with Crippen LogP contribution in [-0.4, -0.2) is 53.2 Å². The third-order valence-corrected chi connectivity index (χ3v) is 4.02. The molecule has 0 amide bonds. The van der Waals surface area contributed by atoms with E-state index in [4.69, 9.17) is 0 Å². The van der Waals surface area contributed by atoms with E-state index in [1.165, 1.54) is 12.1 Å². The van der Waals surface area contributed by atoms with Crippen LogP contribution >= 0.6 is 0 Å². The summed E-state index contributed by atoms with van der Waals surface area (Å²) < 4.78 is 64.9. The average molecular weight is 493 g/mol. The summed E-state index contributed by atoms with van der Waals surface area (Å²) in [7, 11) is -9.24. The summed E-state index contributed by atoms with van der Waals surface area (Å²) in [4.78, 5) is -0.953. The standard InChI is InChI=1S/C10H8O6S2.Pb/c11-17(12,13)9-3-1-7-2-4-10(18(14,15)16)6-8(7)5-9;/h1-6H,(H,11,12,13)(H,14,15,16);/q;+2/p-2. The van der Waals surface area contributed by atoms with Crippen LogP contribution < -0.4 is 0 Å². The summed E-state index contributed by atoms with van der Waals surface area (Å²) in [6, 6.07) is 7.04. The molecule has 0 saturated carbocycles. The molecule has 0 saturated heterocycles. The molecule has 0 bridgehead atoms.